The number of carbonyl (C=O) groups is 2. The molecular weight excluding hydrogens is 403 g/mol. The number of hydrogen-bond donors (Lipinski definition) is 2. The van der Waals surface area contributed by atoms with E-state index in [0.29, 0.717) is 5.76 Å². The van der Waals surface area contributed by atoms with E-state index in [1.54, 1.807) is 12.1 Å². The van der Waals surface area contributed by atoms with Crippen LogP contribution in [0.15, 0.2) is 74.8 Å². The van der Waals surface area contributed by atoms with Crippen LogP contribution >= 0.6 is 0 Å². The molecule has 0 aliphatic heterocycles. The van der Waals surface area contributed by atoms with Crippen molar-refractivity contribution in [2.45, 2.75) is 16.7 Å². The van der Waals surface area contributed by atoms with Crippen molar-refractivity contribution in [3.05, 3.63) is 78.4 Å². The molecule has 2 N–H and O–H groups in total. The molecule has 1 aromatic carbocycles. The Labute approximate surface area is 165 Å². The Morgan fingerprint density at radius 3 is 2.21 bits per heavy atom. The number of nitrogens with one attached hydrogen (secondary N) is 2. The molecule has 0 saturated heterocycles. The molecule has 0 aliphatic rings. The summed E-state index contributed by atoms with van der Waals surface area (Å²) in [5, 5.41) is 3.35. The average molecular weight is 420 g/mol. The van der Waals surface area contributed by atoms with Crippen LogP contribution in [0.1, 0.15) is 16.8 Å². The Bertz CT molecular complexity index is 1060. The Hall–Kier alpha value is -3.40. The number of rotatable bonds is 7. The third kappa shape index (κ3) is 4.91. The van der Waals surface area contributed by atoms with E-state index in [1.165, 1.54) is 24.7 Å². The van der Waals surface area contributed by atoms with Gasteiger partial charge in [0.25, 0.3) is 0 Å². The maximum atomic E-state index is 13.1. The molecule has 3 aromatic rings. The van der Waals surface area contributed by atoms with E-state index in [9.17, 15) is 22.4 Å². The van der Waals surface area contributed by atoms with Gasteiger partial charge in [0.15, 0.2) is 9.84 Å². The van der Waals surface area contributed by atoms with Gasteiger partial charge in [-0.15, -0.1) is 0 Å². The van der Waals surface area contributed by atoms with Crippen LogP contribution < -0.4 is 10.6 Å². The SMILES string of the molecule is O=C(NCc1ccco1)C(=O)NC[C@H](c1ccco1)S(=O)(=O)c1ccc(F)cc1. The van der Waals surface area contributed by atoms with Crippen LogP contribution in [0.4, 0.5) is 4.39 Å². The molecule has 2 aromatic heterocycles. The van der Waals surface area contributed by atoms with Gasteiger partial charge in [-0.05, 0) is 48.5 Å². The zero-order chi connectivity index (χ0) is 20.9. The molecule has 0 bridgehead atoms. The monoisotopic (exact) mass is 420 g/mol. The van der Waals surface area contributed by atoms with E-state index >= 15 is 0 Å². The van der Waals surface area contributed by atoms with E-state index in [2.05, 4.69) is 10.6 Å². The highest BCUT2D eigenvalue weighted by atomic mass is 32.2. The van der Waals surface area contributed by atoms with Gasteiger partial charge >= 0.3 is 11.8 Å². The molecule has 0 radical (unpaired) electrons. The van der Waals surface area contributed by atoms with Crippen molar-refractivity contribution in [2.75, 3.05) is 6.54 Å². The summed E-state index contributed by atoms with van der Waals surface area (Å²) in [6.07, 6.45) is 2.72. The summed E-state index contributed by atoms with van der Waals surface area (Å²) in [6, 6.07) is 10.5. The van der Waals surface area contributed by atoms with E-state index in [4.69, 9.17) is 8.83 Å². The van der Waals surface area contributed by atoms with Gasteiger partial charge in [0.1, 0.15) is 22.6 Å². The first-order valence-corrected chi connectivity index (χ1v) is 10.0. The van der Waals surface area contributed by atoms with Crippen LogP contribution in [-0.4, -0.2) is 26.8 Å². The lowest BCUT2D eigenvalue weighted by Gasteiger charge is -2.16. The number of benzene rings is 1. The normalized spacial score (nSPS) is 12.3. The number of sulfone groups is 1. The van der Waals surface area contributed by atoms with Crippen molar-refractivity contribution in [3.8, 4) is 0 Å². The molecule has 2 amide bonds. The molecule has 0 aliphatic carbocycles. The molecule has 152 valence electrons. The Balaban J connectivity index is 1.70. The molecule has 8 nitrogen and oxygen atoms in total. The van der Waals surface area contributed by atoms with Crippen LogP contribution in [-0.2, 0) is 26.0 Å². The number of carbonyl (C=O) groups excluding carboxylic acids is 2. The zero-order valence-corrected chi connectivity index (χ0v) is 15.8. The van der Waals surface area contributed by atoms with Crippen molar-refractivity contribution in [1.29, 1.82) is 0 Å². The second kappa shape index (κ2) is 8.74. The molecule has 0 fully saturated rings. The van der Waals surface area contributed by atoms with E-state index < -0.39 is 39.3 Å². The quantitative estimate of drug-likeness (QED) is 0.446. The summed E-state index contributed by atoms with van der Waals surface area (Å²) in [4.78, 5) is 23.8. The van der Waals surface area contributed by atoms with Crippen molar-refractivity contribution in [2.24, 2.45) is 0 Å². The Morgan fingerprint density at radius 1 is 0.931 bits per heavy atom. The number of amides is 2. The molecule has 1 atom stereocenters. The van der Waals surface area contributed by atoms with E-state index in [-0.39, 0.29) is 17.2 Å². The predicted molar refractivity (Wildman–Crippen MR) is 98.6 cm³/mol. The maximum absolute atomic E-state index is 13.1. The summed E-state index contributed by atoms with van der Waals surface area (Å²) < 4.78 is 49.3. The van der Waals surface area contributed by atoms with Gasteiger partial charge in [0, 0.05) is 6.54 Å². The summed E-state index contributed by atoms with van der Waals surface area (Å²) in [5.41, 5.74) is 0. The molecule has 3 rings (SSSR count). The number of hydrogen-bond acceptors (Lipinski definition) is 6. The van der Waals surface area contributed by atoms with Crippen LogP contribution in [0.2, 0.25) is 0 Å². The fourth-order valence-electron chi connectivity index (χ4n) is 2.55. The van der Waals surface area contributed by atoms with E-state index in [0.717, 1.165) is 24.3 Å². The van der Waals surface area contributed by atoms with Gasteiger partial charge in [0.05, 0.1) is 24.0 Å². The topological polar surface area (TPSA) is 119 Å². The van der Waals surface area contributed by atoms with Gasteiger partial charge in [-0.3, -0.25) is 9.59 Å². The first kappa shape index (κ1) is 20.3. The lowest BCUT2D eigenvalue weighted by atomic mass is 10.3. The summed E-state index contributed by atoms with van der Waals surface area (Å²) >= 11 is 0. The van der Waals surface area contributed by atoms with Crippen molar-refractivity contribution < 1.29 is 31.2 Å². The maximum Gasteiger partial charge on any atom is 0.309 e. The average Bonchev–Trinajstić information content (AvgIpc) is 3.40. The molecule has 10 heteroatoms. The minimum absolute atomic E-state index is 0.00867. The van der Waals surface area contributed by atoms with E-state index in [1.807, 2.05) is 0 Å². The van der Waals surface area contributed by atoms with Crippen molar-refractivity contribution >= 4 is 21.7 Å². The standard InChI is InChI=1S/C19H17FN2O6S/c20-13-5-7-15(8-6-13)29(25,26)17(16-4-2-10-28-16)12-22-19(24)18(23)21-11-14-3-1-9-27-14/h1-10,17H,11-12H2,(H,21,23)(H,22,24)/t17-/m1/s1. The molecule has 0 saturated carbocycles. The minimum atomic E-state index is -4.03. The largest absolute Gasteiger partial charge is 0.468 e. The Morgan fingerprint density at radius 2 is 1.59 bits per heavy atom. The van der Waals surface area contributed by atoms with Gasteiger partial charge in [0.2, 0.25) is 0 Å². The van der Waals surface area contributed by atoms with Gasteiger partial charge < -0.3 is 19.5 Å². The third-order valence-corrected chi connectivity index (χ3v) is 6.11. The smallest absolute Gasteiger partial charge is 0.309 e. The third-order valence-electron chi connectivity index (χ3n) is 4.03. The Kier molecular flexibility index (Phi) is 6.13. The first-order chi connectivity index (χ1) is 13.9. The summed E-state index contributed by atoms with van der Waals surface area (Å²) in [7, 11) is -4.03. The van der Waals surface area contributed by atoms with Crippen LogP contribution in [0.25, 0.3) is 0 Å². The zero-order valence-electron chi connectivity index (χ0n) is 15.0. The molecule has 0 unspecified atom stereocenters. The van der Waals surface area contributed by atoms with Gasteiger partial charge in [-0.2, -0.15) is 0 Å². The number of furan rings is 2. The fourth-order valence-corrected chi connectivity index (χ4v) is 4.14. The fraction of sp³-hybridized carbons (Fsp3) is 0.158. The second-order valence-corrected chi connectivity index (χ2v) is 8.11. The molecule has 2 heterocycles. The highest BCUT2D eigenvalue weighted by molar-refractivity contribution is 7.91. The van der Waals surface area contributed by atoms with Crippen LogP contribution in [0, 0.1) is 5.82 Å². The van der Waals surface area contributed by atoms with Gasteiger partial charge in [-0.1, -0.05) is 0 Å². The number of halogens is 1. The second-order valence-electron chi connectivity index (χ2n) is 5.98. The highest BCUT2D eigenvalue weighted by Crippen LogP contribution is 2.29. The van der Waals surface area contributed by atoms with Crippen LogP contribution in [0.5, 0.6) is 0 Å². The van der Waals surface area contributed by atoms with Crippen LogP contribution in [0.3, 0.4) is 0 Å². The lowest BCUT2D eigenvalue weighted by Crippen LogP contribution is -2.42. The molecule has 29 heavy (non-hydrogen) atoms. The minimum Gasteiger partial charge on any atom is -0.468 e. The summed E-state index contributed by atoms with van der Waals surface area (Å²) in [6.45, 7) is -0.408. The first-order valence-electron chi connectivity index (χ1n) is 8.49. The molecule has 0 spiro atoms. The van der Waals surface area contributed by atoms with Crippen molar-refractivity contribution in [3.63, 3.8) is 0 Å². The summed E-state index contributed by atoms with van der Waals surface area (Å²) in [5.74, 6) is -2.01. The lowest BCUT2D eigenvalue weighted by molar-refractivity contribution is -0.139. The van der Waals surface area contributed by atoms with Gasteiger partial charge in [-0.25, -0.2) is 12.8 Å². The predicted octanol–water partition coefficient (Wildman–Crippen LogP) is 1.96. The highest BCUT2D eigenvalue weighted by Gasteiger charge is 2.32. The molecular formula is C19H17FN2O6S. The van der Waals surface area contributed by atoms with Crippen molar-refractivity contribution in [1.82, 2.24) is 10.6 Å².